The molecule has 0 saturated heterocycles. The highest BCUT2D eigenvalue weighted by atomic mass is 16.4. The van der Waals surface area contributed by atoms with Crippen molar-refractivity contribution >= 4 is 5.97 Å². The maximum Gasteiger partial charge on any atom is 0.335 e. The Kier molecular flexibility index (Phi) is 3.86. The fraction of sp³-hybridized carbons (Fsp3) is 0.417. The van der Waals surface area contributed by atoms with Crippen LogP contribution in [0.4, 0.5) is 0 Å². The van der Waals surface area contributed by atoms with E-state index in [0.717, 1.165) is 12.0 Å². The number of aromatic carboxylic acids is 1. The van der Waals surface area contributed by atoms with Gasteiger partial charge in [-0.15, -0.1) is 0 Å². The predicted molar refractivity (Wildman–Crippen MR) is 59.8 cm³/mol. The molecular weight excluding hydrogens is 190 g/mol. The lowest BCUT2D eigenvalue weighted by Crippen LogP contribution is -2.18. The van der Waals surface area contributed by atoms with Crippen molar-refractivity contribution in [3.63, 3.8) is 0 Å². The highest BCUT2D eigenvalue weighted by Crippen LogP contribution is 2.22. The number of carbonyl (C=O) groups is 1. The standard InChI is InChI=1S/C12H17NO2/c1-3-8(2)11(13)9-5-4-6-10(7-9)12(14)15/h4-8,11H,3,13H2,1-2H3,(H,14,15). The minimum absolute atomic E-state index is 0.0886. The lowest BCUT2D eigenvalue weighted by Gasteiger charge is -2.18. The van der Waals surface area contributed by atoms with E-state index in [2.05, 4.69) is 13.8 Å². The van der Waals surface area contributed by atoms with Gasteiger partial charge in [0.25, 0.3) is 0 Å². The Morgan fingerprint density at radius 3 is 2.73 bits per heavy atom. The molecule has 0 bridgehead atoms. The smallest absolute Gasteiger partial charge is 0.335 e. The van der Waals surface area contributed by atoms with Gasteiger partial charge in [-0.2, -0.15) is 0 Å². The summed E-state index contributed by atoms with van der Waals surface area (Å²) in [6.07, 6.45) is 0.985. The van der Waals surface area contributed by atoms with Gasteiger partial charge in [0.1, 0.15) is 0 Å². The average Bonchev–Trinajstić information content (AvgIpc) is 2.27. The quantitative estimate of drug-likeness (QED) is 0.797. The van der Waals surface area contributed by atoms with Gasteiger partial charge in [-0.1, -0.05) is 32.4 Å². The highest BCUT2D eigenvalue weighted by Gasteiger charge is 2.14. The van der Waals surface area contributed by atoms with Crippen molar-refractivity contribution < 1.29 is 9.90 Å². The molecule has 3 N–H and O–H groups in total. The first-order chi connectivity index (χ1) is 7.06. The highest BCUT2D eigenvalue weighted by molar-refractivity contribution is 5.87. The third-order valence-corrected chi connectivity index (χ3v) is 2.78. The van der Waals surface area contributed by atoms with Crippen LogP contribution in [0.25, 0.3) is 0 Å². The molecule has 1 rings (SSSR count). The largest absolute Gasteiger partial charge is 0.478 e. The number of rotatable bonds is 4. The van der Waals surface area contributed by atoms with Crippen LogP contribution in [0.3, 0.4) is 0 Å². The average molecular weight is 207 g/mol. The minimum atomic E-state index is -0.909. The van der Waals surface area contributed by atoms with Crippen molar-refractivity contribution in [1.82, 2.24) is 0 Å². The topological polar surface area (TPSA) is 63.3 Å². The van der Waals surface area contributed by atoms with Crippen LogP contribution < -0.4 is 5.73 Å². The zero-order valence-corrected chi connectivity index (χ0v) is 9.10. The molecule has 0 aliphatic heterocycles. The molecule has 0 fully saturated rings. The summed E-state index contributed by atoms with van der Waals surface area (Å²) in [6, 6.07) is 6.76. The Balaban J connectivity index is 2.94. The van der Waals surface area contributed by atoms with E-state index in [4.69, 9.17) is 10.8 Å². The zero-order chi connectivity index (χ0) is 11.4. The summed E-state index contributed by atoms with van der Waals surface area (Å²) in [5.74, 6) is -0.553. The molecule has 0 radical (unpaired) electrons. The normalized spacial score (nSPS) is 14.6. The Hall–Kier alpha value is -1.35. The Bertz CT molecular complexity index is 349. The van der Waals surface area contributed by atoms with Crippen LogP contribution in [-0.4, -0.2) is 11.1 Å². The van der Waals surface area contributed by atoms with E-state index >= 15 is 0 Å². The molecule has 82 valence electrons. The molecule has 3 heteroatoms. The SMILES string of the molecule is CCC(C)C(N)c1cccc(C(=O)O)c1. The number of carboxylic acids is 1. The van der Waals surface area contributed by atoms with Crippen molar-refractivity contribution in [2.45, 2.75) is 26.3 Å². The van der Waals surface area contributed by atoms with Crippen molar-refractivity contribution in [2.75, 3.05) is 0 Å². The van der Waals surface area contributed by atoms with Gasteiger partial charge < -0.3 is 10.8 Å². The van der Waals surface area contributed by atoms with Crippen LogP contribution in [0, 0.1) is 5.92 Å². The van der Waals surface area contributed by atoms with Crippen molar-refractivity contribution in [2.24, 2.45) is 11.7 Å². The van der Waals surface area contributed by atoms with E-state index in [1.807, 2.05) is 6.07 Å². The number of hydrogen-bond donors (Lipinski definition) is 2. The summed E-state index contributed by atoms with van der Waals surface area (Å²) in [5.41, 5.74) is 7.22. The van der Waals surface area contributed by atoms with Gasteiger partial charge in [0.15, 0.2) is 0 Å². The maximum absolute atomic E-state index is 10.8. The van der Waals surface area contributed by atoms with E-state index in [1.54, 1.807) is 18.2 Å². The Morgan fingerprint density at radius 1 is 1.53 bits per heavy atom. The lowest BCUT2D eigenvalue weighted by molar-refractivity contribution is 0.0696. The van der Waals surface area contributed by atoms with Gasteiger partial charge >= 0.3 is 5.97 Å². The lowest BCUT2D eigenvalue weighted by atomic mass is 9.92. The minimum Gasteiger partial charge on any atom is -0.478 e. The molecule has 0 heterocycles. The number of hydrogen-bond acceptors (Lipinski definition) is 2. The fourth-order valence-corrected chi connectivity index (χ4v) is 1.46. The van der Waals surface area contributed by atoms with Crippen LogP contribution in [0.1, 0.15) is 42.2 Å². The van der Waals surface area contributed by atoms with Gasteiger partial charge in [-0.05, 0) is 23.6 Å². The summed E-state index contributed by atoms with van der Waals surface area (Å²) in [7, 11) is 0. The molecule has 0 aliphatic carbocycles. The molecule has 15 heavy (non-hydrogen) atoms. The van der Waals surface area contributed by atoms with Crippen LogP contribution in [0.2, 0.25) is 0 Å². The Labute approximate surface area is 89.9 Å². The van der Waals surface area contributed by atoms with Crippen LogP contribution in [0.15, 0.2) is 24.3 Å². The fourth-order valence-electron chi connectivity index (χ4n) is 1.46. The van der Waals surface area contributed by atoms with Crippen molar-refractivity contribution in [3.05, 3.63) is 35.4 Å². The summed E-state index contributed by atoms with van der Waals surface area (Å²) in [5, 5.41) is 8.85. The second-order valence-corrected chi connectivity index (χ2v) is 3.84. The van der Waals surface area contributed by atoms with Crippen LogP contribution >= 0.6 is 0 Å². The summed E-state index contributed by atoms with van der Waals surface area (Å²) in [4.78, 5) is 10.8. The van der Waals surface area contributed by atoms with Gasteiger partial charge in [0, 0.05) is 6.04 Å². The van der Waals surface area contributed by atoms with Gasteiger partial charge in [-0.25, -0.2) is 4.79 Å². The van der Waals surface area contributed by atoms with Gasteiger partial charge in [0.2, 0.25) is 0 Å². The second-order valence-electron chi connectivity index (χ2n) is 3.84. The molecule has 3 nitrogen and oxygen atoms in total. The van der Waals surface area contributed by atoms with Crippen LogP contribution in [0.5, 0.6) is 0 Å². The maximum atomic E-state index is 10.8. The van der Waals surface area contributed by atoms with E-state index in [0.29, 0.717) is 11.5 Å². The third kappa shape index (κ3) is 2.80. The molecule has 0 saturated carbocycles. The molecule has 1 aromatic carbocycles. The molecule has 2 atom stereocenters. The first-order valence-corrected chi connectivity index (χ1v) is 5.15. The van der Waals surface area contributed by atoms with Crippen LogP contribution in [-0.2, 0) is 0 Å². The summed E-state index contributed by atoms with van der Waals surface area (Å²) < 4.78 is 0. The second kappa shape index (κ2) is 4.94. The predicted octanol–water partition coefficient (Wildman–Crippen LogP) is 2.43. The molecular formula is C12H17NO2. The number of nitrogens with two attached hydrogens (primary N) is 1. The first kappa shape index (κ1) is 11.7. The molecule has 1 aromatic rings. The molecule has 0 aromatic heterocycles. The molecule has 0 amide bonds. The van der Waals surface area contributed by atoms with Crippen molar-refractivity contribution in [3.8, 4) is 0 Å². The Morgan fingerprint density at radius 2 is 2.20 bits per heavy atom. The van der Waals surface area contributed by atoms with Gasteiger partial charge in [0.05, 0.1) is 5.56 Å². The monoisotopic (exact) mass is 207 g/mol. The van der Waals surface area contributed by atoms with E-state index in [9.17, 15) is 4.79 Å². The third-order valence-electron chi connectivity index (χ3n) is 2.78. The molecule has 2 unspecified atom stereocenters. The molecule has 0 aliphatic rings. The molecule has 0 spiro atoms. The van der Waals surface area contributed by atoms with Crippen molar-refractivity contribution in [1.29, 1.82) is 0 Å². The number of benzene rings is 1. The summed E-state index contributed by atoms with van der Waals surface area (Å²) in [6.45, 7) is 4.14. The van der Waals surface area contributed by atoms with Gasteiger partial charge in [-0.3, -0.25) is 0 Å². The zero-order valence-electron chi connectivity index (χ0n) is 9.10. The first-order valence-electron chi connectivity index (χ1n) is 5.15. The van der Waals surface area contributed by atoms with E-state index < -0.39 is 5.97 Å². The number of carboxylic acid groups (broad SMARTS) is 1. The summed E-state index contributed by atoms with van der Waals surface area (Å²) >= 11 is 0. The van der Waals surface area contributed by atoms with E-state index in [1.165, 1.54) is 0 Å². The van der Waals surface area contributed by atoms with E-state index in [-0.39, 0.29) is 6.04 Å².